The molecule has 12 heavy (non-hydrogen) atoms. The lowest BCUT2D eigenvalue weighted by Crippen LogP contribution is -2.30. The molecule has 0 aliphatic heterocycles. The summed E-state index contributed by atoms with van der Waals surface area (Å²) in [6, 6.07) is 0. The van der Waals surface area contributed by atoms with Crippen LogP contribution >= 0.6 is 0 Å². The largest absolute Gasteiger partial charge is 0.395 e. The van der Waals surface area contributed by atoms with Gasteiger partial charge in [0.25, 0.3) is 0 Å². The van der Waals surface area contributed by atoms with E-state index in [2.05, 4.69) is 13.5 Å². The zero-order valence-electron chi connectivity index (χ0n) is 8.05. The van der Waals surface area contributed by atoms with Crippen LogP contribution in [-0.2, 0) is 0 Å². The Balaban J connectivity index is 2.57. The summed E-state index contributed by atoms with van der Waals surface area (Å²) in [5, 5.41) is 9.27. The molecule has 1 aliphatic rings. The summed E-state index contributed by atoms with van der Waals surface area (Å²) in [7, 11) is 0. The highest BCUT2D eigenvalue weighted by Crippen LogP contribution is 2.38. The maximum Gasteiger partial charge on any atom is 0.0521 e. The Hall–Kier alpha value is -0.300. The minimum absolute atomic E-state index is 0.0274. The van der Waals surface area contributed by atoms with E-state index in [0.717, 1.165) is 0 Å². The van der Waals surface area contributed by atoms with Crippen LogP contribution < -0.4 is 0 Å². The zero-order valence-corrected chi connectivity index (χ0v) is 8.05. The Morgan fingerprint density at radius 3 is 2.42 bits per heavy atom. The van der Waals surface area contributed by atoms with Gasteiger partial charge in [0.05, 0.1) is 6.61 Å². The molecule has 0 aromatic carbocycles. The highest BCUT2D eigenvalue weighted by Gasteiger charge is 2.31. The molecular formula is C11H20O. The fourth-order valence-electron chi connectivity index (χ4n) is 2.12. The van der Waals surface area contributed by atoms with Crippen molar-refractivity contribution in [2.45, 2.75) is 39.0 Å². The molecule has 0 amide bonds. The standard InChI is InChI=1S/C11H20O/c1-3-11(2,9-12)10-7-5-4-6-8-10/h3,10,12H,1,4-9H2,2H3/t11-/m0/s1. The van der Waals surface area contributed by atoms with Crippen molar-refractivity contribution in [2.75, 3.05) is 6.61 Å². The van der Waals surface area contributed by atoms with Crippen molar-refractivity contribution in [3.05, 3.63) is 12.7 Å². The quantitative estimate of drug-likeness (QED) is 0.642. The molecule has 0 aromatic heterocycles. The molecule has 0 bridgehead atoms. The second-order valence-corrected chi connectivity index (χ2v) is 4.20. The monoisotopic (exact) mass is 168 g/mol. The fraction of sp³-hybridized carbons (Fsp3) is 0.818. The topological polar surface area (TPSA) is 20.2 Å². The van der Waals surface area contributed by atoms with Crippen LogP contribution in [0.4, 0.5) is 0 Å². The first kappa shape index (κ1) is 9.79. The predicted molar refractivity (Wildman–Crippen MR) is 52.0 cm³/mol. The third-order valence-electron chi connectivity index (χ3n) is 3.34. The highest BCUT2D eigenvalue weighted by atomic mass is 16.3. The van der Waals surface area contributed by atoms with Gasteiger partial charge in [-0.3, -0.25) is 0 Å². The van der Waals surface area contributed by atoms with Gasteiger partial charge in [0.15, 0.2) is 0 Å². The molecule has 0 radical (unpaired) electrons. The van der Waals surface area contributed by atoms with E-state index in [1.165, 1.54) is 32.1 Å². The van der Waals surface area contributed by atoms with E-state index >= 15 is 0 Å². The molecule has 1 fully saturated rings. The summed E-state index contributed by atoms with van der Waals surface area (Å²) in [6.07, 6.45) is 8.49. The summed E-state index contributed by atoms with van der Waals surface area (Å²) in [5.41, 5.74) is -0.0274. The Morgan fingerprint density at radius 1 is 1.42 bits per heavy atom. The molecule has 1 aliphatic carbocycles. The van der Waals surface area contributed by atoms with Gasteiger partial charge in [-0.15, -0.1) is 6.58 Å². The molecule has 0 heterocycles. The first-order valence-electron chi connectivity index (χ1n) is 4.97. The molecule has 70 valence electrons. The third kappa shape index (κ3) is 1.89. The van der Waals surface area contributed by atoms with E-state index in [1.54, 1.807) is 0 Å². The van der Waals surface area contributed by atoms with Gasteiger partial charge >= 0.3 is 0 Å². The number of aliphatic hydroxyl groups is 1. The molecular weight excluding hydrogens is 148 g/mol. The van der Waals surface area contributed by atoms with Crippen LogP contribution in [0.25, 0.3) is 0 Å². The molecule has 0 aromatic rings. The molecule has 1 rings (SSSR count). The summed E-state index contributed by atoms with van der Waals surface area (Å²) in [4.78, 5) is 0. The van der Waals surface area contributed by atoms with Crippen LogP contribution in [0.15, 0.2) is 12.7 Å². The fourth-order valence-corrected chi connectivity index (χ4v) is 2.12. The van der Waals surface area contributed by atoms with E-state index < -0.39 is 0 Å². The van der Waals surface area contributed by atoms with Crippen molar-refractivity contribution in [1.29, 1.82) is 0 Å². The third-order valence-corrected chi connectivity index (χ3v) is 3.34. The molecule has 0 saturated heterocycles. The van der Waals surface area contributed by atoms with E-state index in [9.17, 15) is 5.11 Å². The number of hydrogen-bond donors (Lipinski definition) is 1. The van der Waals surface area contributed by atoms with Crippen molar-refractivity contribution in [2.24, 2.45) is 11.3 Å². The summed E-state index contributed by atoms with van der Waals surface area (Å²) in [6.45, 7) is 6.19. The second kappa shape index (κ2) is 4.08. The van der Waals surface area contributed by atoms with Crippen LogP contribution in [0, 0.1) is 11.3 Å². The summed E-state index contributed by atoms with van der Waals surface area (Å²) < 4.78 is 0. The minimum Gasteiger partial charge on any atom is -0.395 e. The second-order valence-electron chi connectivity index (χ2n) is 4.20. The zero-order chi connectivity index (χ0) is 9.03. The van der Waals surface area contributed by atoms with E-state index in [0.29, 0.717) is 5.92 Å². The van der Waals surface area contributed by atoms with Crippen molar-refractivity contribution in [3.63, 3.8) is 0 Å². The average molecular weight is 168 g/mol. The molecule has 1 saturated carbocycles. The van der Waals surface area contributed by atoms with Crippen molar-refractivity contribution in [3.8, 4) is 0 Å². The van der Waals surface area contributed by atoms with Crippen LogP contribution in [0.5, 0.6) is 0 Å². The summed E-state index contributed by atoms with van der Waals surface area (Å²) in [5.74, 6) is 0.661. The average Bonchev–Trinajstić information content (AvgIpc) is 2.18. The first-order valence-corrected chi connectivity index (χ1v) is 4.97. The summed E-state index contributed by atoms with van der Waals surface area (Å²) >= 11 is 0. The SMILES string of the molecule is C=C[C@@](C)(CO)C1CCCCC1. The van der Waals surface area contributed by atoms with Gasteiger partial charge in [0.2, 0.25) is 0 Å². The van der Waals surface area contributed by atoms with Crippen molar-refractivity contribution in [1.82, 2.24) is 0 Å². The van der Waals surface area contributed by atoms with Gasteiger partial charge < -0.3 is 5.11 Å². The van der Waals surface area contributed by atoms with Gasteiger partial charge in [-0.2, -0.15) is 0 Å². The lowest BCUT2D eigenvalue weighted by Gasteiger charge is -2.36. The van der Waals surface area contributed by atoms with Gasteiger partial charge in [0, 0.05) is 5.41 Å². The molecule has 1 N–H and O–H groups in total. The normalized spacial score (nSPS) is 24.8. The molecule has 1 heteroatoms. The van der Waals surface area contributed by atoms with Gasteiger partial charge in [-0.1, -0.05) is 32.3 Å². The molecule has 1 atom stereocenters. The van der Waals surface area contributed by atoms with Gasteiger partial charge in [0.1, 0.15) is 0 Å². The maximum atomic E-state index is 9.27. The molecule has 0 unspecified atom stereocenters. The van der Waals surface area contributed by atoms with E-state index in [1.807, 2.05) is 6.08 Å². The highest BCUT2D eigenvalue weighted by molar-refractivity contribution is 4.96. The van der Waals surface area contributed by atoms with E-state index in [-0.39, 0.29) is 12.0 Å². The van der Waals surface area contributed by atoms with Crippen LogP contribution in [-0.4, -0.2) is 11.7 Å². The molecule has 1 nitrogen and oxygen atoms in total. The first-order chi connectivity index (χ1) is 5.73. The Labute approximate surface area is 75.5 Å². The lowest BCUT2D eigenvalue weighted by molar-refractivity contribution is 0.0991. The van der Waals surface area contributed by atoms with Gasteiger partial charge in [-0.05, 0) is 18.8 Å². The molecule has 0 spiro atoms. The number of rotatable bonds is 3. The number of hydrogen-bond acceptors (Lipinski definition) is 1. The smallest absolute Gasteiger partial charge is 0.0521 e. The van der Waals surface area contributed by atoms with Gasteiger partial charge in [-0.25, -0.2) is 0 Å². The van der Waals surface area contributed by atoms with Crippen molar-refractivity contribution >= 4 is 0 Å². The Bertz CT molecular complexity index is 147. The maximum absolute atomic E-state index is 9.27. The Kier molecular flexibility index (Phi) is 3.33. The predicted octanol–water partition coefficient (Wildman–Crippen LogP) is 2.75. The van der Waals surface area contributed by atoms with Crippen LogP contribution in [0.2, 0.25) is 0 Å². The number of aliphatic hydroxyl groups excluding tert-OH is 1. The van der Waals surface area contributed by atoms with Crippen LogP contribution in [0.1, 0.15) is 39.0 Å². The van der Waals surface area contributed by atoms with Crippen LogP contribution in [0.3, 0.4) is 0 Å². The lowest BCUT2D eigenvalue weighted by atomic mass is 9.70. The minimum atomic E-state index is -0.0274. The van der Waals surface area contributed by atoms with Crippen molar-refractivity contribution < 1.29 is 5.11 Å². The Morgan fingerprint density at radius 2 is 2.00 bits per heavy atom. The van der Waals surface area contributed by atoms with E-state index in [4.69, 9.17) is 0 Å².